The molecule has 0 saturated carbocycles. The molecular formula is C23H24N4O5S. The van der Waals surface area contributed by atoms with Gasteiger partial charge in [-0.2, -0.15) is 0 Å². The van der Waals surface area contributed by atoms with Crippen molar-refractivity contribution in [1.29, 1.82) is 0 Å². The number of hydrogen-bond donors (Lipinski definition) is 1. The van der Waals surface area contributed by atoms with Gasteiger partial charge in [0.25, 0.3) is 11.8 Å². The van der Waals surface area contributed by atoms with Gasteiger partial charge in [-0.25, -0.2) is 9.78 Å². The molecule has 33 heavy (non-hydrogen) atoms. The Morgan fingerprint density at radius 3 is 2.42 bits per heavy atom. The van der Waals surface area contributed by atoms with Crippen LogP contribution in [-0.4, -0.2) is 72.6 Å². The highest BCUT2D eigenvalue weighted by molar-refractivity contribution is 7.22. The first-order valence-corrected chi connectivity index (χ1v) is 11.4. The van der Waals surface area contributed by atoms with Gasteiger partial charge in [-0.05, 0) is 56.4 Å². The Bertz CT molecular complexity index is 1170. The van der Waals surface area contributed by atoms with Gasteiger partial charge in [-0.3, -0.25) is 14.9 Å². The third-order valence-corrected chi connectivity index (χ3v) is 6.16. The summed E-state index contributed by atoms with van der Waals surface area (Å²) in [6.45, 7) is 5.04. The van der Waals surface area contributed by atoms with E-state index in [0.717, 1.165) is 17.8 Å². The molecule has 1 fully saturated rings. The summed E-state index contributed by atoms with van der Waals surface area (Å²) < 4.78 is 10.5. The number of nitrogens with zero attached hydrogens (tertiary/aromatic N) is 3. The Balaban J connectivity index is 1.42. The van der Waals surface area contributed by atoms with Crippen LogP contribution >= 0.6 is 11.3 Å². The van der Waals surface area contributed by atoms with Gasteiger partial charge in [0, 0.05) is 37.3 Å². The second kappa shape index (κ2) is 9.97. The second-order valence-electron chi connectivity index (χ2n) is 7.56. The molecule has 2 heterocycles. The highest BCUT2D eigenvalue weighted by Crippen LogP contribution is 2.28. The van der Waals surface area contributed by atoms with Crippen LogP contribution in [0.4, 0.5) is 9.93 Å². The van der Waals surface area contributed by atoms with E-state index in [4.69, 9.17) is 9.47 Å². The third-order valence-electron chi connectivity index (χ3n) is 5.23. The van der Waals surface area contributed by atoms with E-state index in [1.54, 1.807) is 31.2 Å². The van der Waals surface area contributed by atoms with Crippen LogP contribution in [0, 0.1) is 0 Å². The van der Waals surface area contributed by atoms with Crippen molar-refractivity contribution in [2.45, 2.75) is 6.92 Å². The number of hydrogen-bond acceptors (Lipinski definition) is 8. The molecule has 9 nitrogen and oxygen atoms in total. The van der Waals surface area contributed by atoms with Gasteiger partial charge in [0.15, 0.2) is 5.13 Å². The Morgan fingerprint density at radius 2 is 1.73 bits per heavy atom. The Hall–Kier alpha value is -3.50. The van der Waals surface area contributed by atoms with E-state index >= 15 is 0 Å². The Morgan fingerprint density at radius 1 is 1.03 bits per heavy atom. The minimum atomic E-state index is -0.797. The third kappa shape index (κ3) is 5.47. The van der Waals surface area contributed by atoms with Gasteiger partial charge in [-0.1, -0.05) is 11.3 Å². The molecule has 0 unspecified atom stereocenters. The largest absolute Gasteiger partial charge is 0.513 e. The fourth-order valence-corrected chi connectivity index (χ4v) is 4.29. The molecule has 1 N–H and O–H groups in total. The number of anilines is 1. The molecule has 2 amide bonds. The van der Waals surface area contributed by atoms with Crippen LogP contribution in [0.15, 0.2) is 42.5 Å². The zero-order chi connectivity index (χ0) is 23.4. The maximum Gasteiger partial charge on any atom is 0.513 e. The van der Waals surface area contributed by atoms with Crippen molar-refractivity contribution in [3.63, 3.8) is 0 Å². The van der Waals surface area contributed by atoms with Gasteiger partial charge < -0.3 is 19.3 Å². The molecular weight excluding hydrogens is 444 g/mol. The molecule has 3 aromatic rings. The molecule has 1 aliphatic rings. The number of aromatic nitrogens is 1. The number of carbonyl (C=O) groups is 3. The van der Waals surface area contributed by atoms with Crippen molar-refractivity contribution in [3.8, 4) is 5.75 Å². The van der Waals surface area contributed by atoms with E-state index in [2.05, 4.69) is 15.2 Å². The molecule has 1 aliphatic heterocycles. The van der Waals surface area contributed by atoms with E-state index in [9.17, 15) is 14.4 Å². The minimum absolute atomic E-state index is 0.00844. The lowest BCUT2D eigenvalue weighted by Crippen LogP contribution is -2.47. The smallest absolute Gasteiger partial charge is 0.434 e. The lowest BCUT2D eigenvalue weighted by atomic mass is 10.1. The first-order valence-electron chi connectivity index (χ1n) is 10.6. The molecule has 2 aromatic carbocycles. The summed E-state index contributed by atoms with van der Waals surface area (Å²) in [6.07, 6.45) is -0.797. The minimum Gasteiger partial charge on any atom is -0.434 e. The van der Waals surface area contributed by atoms with Gasteiger partial charge in [-0.15, -0.1) is 0 Å². The van der Waals surface area contributed by atoms with E-state index in [0.29, 0.717) is 34.9 Å². The highest BCUT2D eigenvalue weighted by atomic mass is 32.1. The SMILES string of the molecule is CCOC(=O)Oc1ccc(C(=O)Nc2nc3ccc(C(=O)N4CCN(C)CC4)cc3s2)cc1. The van der Waals surface area contributed by atoms with Crippen LogP contribution in [0.1, 0.15) is 27.6 Å². The number of amides is 2. The van der Waals surface area contributed by atoms with Crippen molar-refractivity contribution in [2.75, 3.05) is 45.2 Å². The summed E-state index contributed by atoms with van der Waals surface area (Å²) in [7, 11) is 2.05. The van der Waals surface area contributed by atoms with Crippen molar-refractivity contribution >= 4 is 44.7 Å². The number of benzene rings is 2. The predicted octanol–water partition coefficient (Wildman–Crippen LogP) is 3.47. The fraction of sp³-hybridized carbons (Fsp3) is 0.304. The van der Waals surface area contributed by atoms with Crippen molar-refractivity contribution in [2.24, 2.45) is 0 Å². The number of rotatable bonds is 5. The summed E-state index contributed by atoms with van der Waals surface area (Å²) in [6, 6.07) is 11.5. The first-order chi connectivity index (χ1) is 15.9. The van der Waals surface area contributed by atoms with Crippen molar-refractivity contribution in [3.05, 3.63) is 53.6 Å². The Labute approximate surface area is 194 Å². The zero-order valence-electron chi connectivity index (χ0n) is 18.4. The summed E-state index contributed by atoms with van der Waals surface area (Å²) in [5.41, 5.74) is 1.71. The number of piperazine rings is 1. The Kier molecular flexibility index (Phi) is 6.85. The average molecular weight is 469 g/mol. The van der Waals surface area contributed by atoms with Gasteiger partial charge in [0.2, 0.25) is 0 Å². The fourth-order valence-electron chi connectivity index (χ4n) is 3.39. The summed E-state index contributed by atoms with van der Waals surface area (Å²) in [4.78, 5) is 45.3. The van der Waals surface area contributed by atoms with Crippen LogP contribution < -0.4 is 10.1 Å². The van der Waals surface area contributed by atoms with Crippen LogP contribution in [0.3, 0.4) is 0 Å². The quantitative estimate of drug-likeness (QED) is 0.452. The van der Waals surface area contributed by atoms with E-state index in [1.165, 1.54) is 23.5 Å². The lowest BCUT2D eigenvalue weighted by molar-refractivity contribution is 0.0664. The van der Waals surface area contributed by atoms with Gasteiger partial charge in [0.1, 0.15) is 5.75 Å². The van der Waals surface area contributed by atoms with E-state index in [1.807, 2.05) is 18.0 Å². The van der Waals surface area contributed by atoms with Crippen molar-refractivity contribution < 1.29 is 23.9 Å². The first kappa shape index (κ1) is 22.7. The topological polar surface area (TPSA) is 101 Å². The van der Waals surface area contributed by atoms with Gasteiger partial charge in [0.05, 0.1) is 16.8 Å². The summed E-state index contributed by atoms with van der Waals surface area (Å²) >= 11 is 1.31. The van der Waals surface area contributed by atoms with E-state index < -0.39 is 6.16 Å². The number of thiazole rings is 1. The average Bonchev–Trinajstić information content (AvgIpc) is 3.21. The second-order valence-corrected chi connectivity index (χ2v) is 8.59. The van der Waals surface area contributed by atoms with Crippen LogP contribution in [-0.2, 0) is 4.74 Å². The molecule has 1 saturated heterocycles. The number of fused-ring (bicyclic) bond motifs is 1. The van der Waals surface area contributed by atoms with Crippen LogP contribution in [0.2, 0.25) is 0 Å². The number of nitrogens with one attached hydrogen (secondary N) is 1. The van der Waals surface area contributed by atoms with Crippen LogP contribution in [0.5, 0.6) is 5.75 Å². The molecule has 4 rings (SSSR count). The predicted molar refractivity (Wildman–Crippen MR) is 125 cm³/mol. The van der Waals surface area contributed by atoms with Crippen molar-refractivity contribution in [1.82, 2.24) is 14.8 Å². The molecule has 1 aromatic heterocycles. The maximum atomic E-state index is 12.8. The summed E-state index contributed by atoms with van der Waals surface area (Å²) in [5, 5.41) is 3.22. The summed E-state index contributed by atoms with van der Waals surface area (Å²) in [5.74, 6) is -0.0536. The zero-order valence-corrected chi connectivity index (χ0v) is 19.2. The molecule has 172 valence electrons. The normalized spacial score (nSPS) is 14.2. The molecule has 0 bridgehead atoms. The molecule has 10 heteroatoms. The molecule has 0 spiro atoms. The van der Waals surface area contributed by atoms with Crippen LogP contribution in [0.25, 0.3) is 10.2 Å². The number of carbonyl (C=O) groups excluding carboxylic acids is 3. The number of ether oxygens (including phenoxy) is 2. The van der Waals surface area contributed by atoms with E-state index in [-0.39, 0.29) is 24.2 Å². The highest BCUT2D eigenvalue weighted by Gasteiger charge is 2.21. The molecule has 0 radical (unpaired) electrons. The monoisotopic (exact) mass is 468 g/mol. The molecule has 0 aliphatic carbocycles. The maximum absolute atomic E-state index is 12.8. The molecule has 0 atom stereocenters. The lowest BCUT2D eigenvalue weighted by Gasteiger charge is -2.32. The standard InChI is InChI=1S/C23H24N4O5S/c1-3-31-23(30)32-17-7-4-15(5-8-17)20(28)25-22-24-18-9-6-16(14-19(18)33-22)21(29)27-12-10-26(2)11-13-27/h4-9,14H,3,10-13H2,1-2H3,(H,24,25,28). The number of likely N-dealkylation sites (N-methyl/N-ethyl adjacent to an activating group) is 1. The van der Waals surface area contributed by atoms with Gasteiger partial charge >= 0.3 is 6.16 Å².